The monoisotopic (exact) mass is 270 g/mol. The van der Waals surface area contributed by atoms with E-state index in [1.54, 1.807) is 6.07 Å². The fourth-order valence-corrected chi connectivity index (χ4v) is 3.39. The molecule has 2 aromatic rings. The highest BCUT2D eigenvalue weighted by molar-refractivity contribution is 7.90. The number of fused-ring (bicyclic) bond motifs is 1. The van der Waals surface area contributed by atoms with E-state index in [1.165, 1.54) is 23.5 Å². The van der Waals surface area contributed by atoms with Crippen molar-refractivity contribution in [2.75, 3.05) is 0 Å². The Hall–Kier alpha value is -1.47. The number of hydrogen-bond acceptors (Lipinski definition) is 5. The van der Waals surface area contributed by atoms with Crippen LogP contribution in [-0.4, -0.2) is 19.3 Å². The fraction of sp³-hybridized carbons (Fsp3) is 0.200. The predicted octanol–water partition coefficient (Wildman–Crippen LogP) is 1.43. The molecule has 1 amide bonds. The van der Waals surface area contributed by atoms with Gasteiger partial charge in [0.2, 0.25) is 5.91 Å². The van der Waals surface area contributed by atoms with Gasteiger partial charge in [-0.3, -0.25) is 4.79 Å². The zero-order valence-electron chi connectivity index (χ0n) is 9.22. The van der Waals surface area contributed by atoms with Gasteiger partial charge in [0, 0.05) is 6.92 Å². The van der Waals surface area contributed by atoms with E-state index < -0.39 is 15.9 Å². The molecule has 0 aliphatic rings. The summed E-state index contributed by atoms with van der Waals surface area (Å²) in [5.41, 5.74) is 0.759. The summed E-state index contributed by atoms with van der Waals surface area (Å²) in [6, 6.07) is 4.59. The van der Waals surface area contributed by atoms with Gasteiger partial charge in [-0.15, -0.1) is 11.3 Å². The Labute approximate surface area is 103 Å². The van der Waals surface area contributed by atoms with E-state index in [0.717, 1.165) is 22.1 Å². The first-order valence-corrected chi connectivity index (χ1v) is 7.09. The topological polar surface area (TPSA) is 76.1 Å². The van der Waals surface area contributed by atoms with Crippen LogP contribution in [0, 0.1) is 6.92 Å². The second kappa shape index (κ2) is 4.08. The van der Waals surface area contributed by atoms with Crippen LogP contribution in [0.25, 0.3) is 10.2 Å². The molecule has 0 saturated carbocycles. The van der Waals surface area contributed by atoms with Gasteiger partial charge in [-0.2, -0.15) is 0 Å². The van der Waals surface area contributed by atoms with Gasteiger partial charge in [0.05, 0.1) is 20.1 Å². The zero-order valence-corrected chi connectivity index (χ0v) is 10.9. The summed E-state index contributed by atoms with van der Waals surface area (Å²) in [4.78, 5) is 15.1. The number of aryl methyl sites for hydroxylation is 1. The molecule has 0 fully saturated rings. The Kier molecular flexibility index (Phi) is 2.88. The standard InChI is InChI=1S/C10H10N2O3S2/c1-6(13)12-17(14,15)8-3-4-9-10(5-8)16-7(2)11-9/h3-5H,1-2H3,(H,12,13). The summed E-state index contributed by atoms with van der Waals surface area (Å²) in [6.45, 7) is 3.01. The molecule has 17 heavy (non-hydrogen) atoms. The lowest BCUT2D eigenvalue weighted by atomic mass is 10.3. The van der Waals surface area contributed by atoms with Crippen LogP contribution < -0.4 is 4.72 Å². The molecule has 0 saturated heterocycles. The van der Waals surface area contributed by atoms with Crippen molar-refractivity contribution in [2.45, 2.75) is 18.7 Å². The third kappa shape index (κ3) is 2.45. The van der Waals surface area contributed by atoms with Crippen molar-refractivity contribution < 1.29 is 13.2 Å². The number of carbonyl (C=O) groups is 1. The van der Waals surface area contributed by atoms with Gasteiger partial charge in [0.25, 0.3) is 10.0 Å². The Morgan fingerprint density at radius 2 is 2.12 bits per heavy atom. The Balaban J connectivity index is 2.52. The summed E-state index contributed by atoms with van der Waals surface area (Å²) < 4.78 is 26.2. The smallest absolute Gasteiger partial charge is 0.264 e. The van der Waals surface area contributed by atoms with Crippen LogP contribution in [-0.2, 0) is 14.8 Å². The number of aromatic nitrogens is 1. The number of rotatable bonds is 2. The summed E-state index contributed by atoms with van der Waals surface area (Å²) in [7, 11) is -3.76. The molecule has 0 aliphatic heterocycles. The van der Waals surface area contributed by atoms with Crippen molar-refractivity contribution in [3.8, 4) is 0 Å². The maximum Gasteiger partial charge on any atom is 0.264 e. The van der Waals surface area contributed by atoms with E-state index in [4.69, 9.17) is 0 Å². The van der Waals surface area contributed by atoms with Crippen LogP contribution in [0.15, 0.2) is 23.1 Å². The molecule has 0 bridgehead atoms. The SMILES string of the molecule is CC(=O)NS(=O)(=O)c1ccc2nc(C)sc2c1. The zero-order chi connectivity index (χ0) is 12.6. The molecule has 1 heterocycles. The van der Waals surface area contributed by atoms with Gasteiger partial charge >= 0.3 is 0 Å². The molecule has 0 aliphatic carbocycles. The third-order valence-electron chi connectivity index (χ3n) is 2.06. The molecule has 2 rings (SSSR count). The molecule has 5 nitrogen and oxygen atoms in total. The fourth-order valence-electron chi connectivity index (χ4n) is 1.44. The molecule has 0 atom stereocenters. The Bertz CT molecular complexity index is 689. The number of sulfonamides is 1. The number of nitrogens with one attached hydrogen (secondary N) is 1. The molecule has 1 aromatic carbocycles. The average molecular weight is 270 g/mol. The number of benzene rings is 1. The third-order valence-corrected chi connectivity index (χ3v) is 4.42. The number of amides is 1. The Morgan fingerprint density at radius 1 is 1.41 bits per heavy atom. The van der Waals surface area contributed by atoms with Crippen molar-refractivity contribution in [1.82, 2.24) is 9.71 Å². The minimum absolute atomic E-state index is 0.0730. The predicted molar refractivity (Wildman–Crippen MR) is 65.4 cm³/mol. The van der Waals surface area contributed by atoms with Crippen molar-refractivity contribution in [3.63, 3.8) is 0 Å². The minimum Gasteiger partial charge on any atom is -0.274 e. The molecule has 1 N–H and O–H groups in total. The van der Waals surface area contributed by atoms with Gasteiger partial charge in [-0.05, 0) is 25.1 Å². The second-order valence-corrected chi connectivity index (χ2v) is 6.44. The van der Waals surface area contributed by atoms with Crippen LogP contribution >= 0.6 is 11.3 Å². The highest BCUT2D eigenvalue weighted by Crippen LogP contribution is 2.24. The lowest BCUT2D eigenvalue weighted by Gasteiger charge is -2.03. The first kappa shape index (κ1) is 12.0. The van der Waals surface area contributed by atoms with Crippen LogP contribution in [0.4, 0.5) is 0 Å². The van der Waals surface area contributed by atoms with Crippen LogP contribution in [0.5, 0.6) is 0 Å². The quantitative estimate of drug-likeness (QED) is 0.895. The summed E-state index contributed by atoms with van der Waals surface area (Å²) in [6.07, 6.45) is 0. The lowest BCUT2D eigenvalue weighted by Crippen LogP contribution is -2.28. The van der Waals surface area contributed by atoms with Crippen LogP contribution in [0.1, 0.15) is 11.9 Å². The number of hydrogen-bond donors (Lipinski definition) is 1. The summed E-state index contributed by atoms with van der Waals surface area (Å²) in [5.74, 6) is -0.606. The minimum atomic E-state index is -3.76. The normalized spacial score (nSPS) is 11.6. The Morgan fingerprint density at radius 3 is 2.76 bits per heavy atom. The number of carbonyl (C=O) groups excluding carboxylic acids is 1. The van der Waals surface area contributed by atoms with Gasteiger partial charge < -0.3 is 0 Å². The van der Waals surface area contributed by atoms with Gasteiger partial charge in [-0.1, -0.05) is 0 Å². The maximum atomic E-state index is 11.7. The second-order valence-electron chi connectivity index (χ2n) is 3.52. The van der Waals surface area contributed by atoms with Gasteiger partial charge in [-0.25, -0.2) is 18.1 Å². The highest BCUT2D eigenvalue weighted by Gasteiger charge is 2.16. The molecule has 1 aromatic heterocycles. The van der Waals surface area contributed by atoms with Gasteiger partial charge in [0.15, 0.2) is 0 Å². The van der Waals surface area contributed by atoms with E-state index in [1.807, 2.05) is 11.6 Å². The molecule has 0 spiro atoms. The van der Waals surface area contributed by atoms with E-state index >= 15 is 0 Å². The molecular weight excluding hydrogens is 260 g/mol. The number of nitrogens with zero attached hydrogens (tertiary/aromatic N) is 1. The van der Waals surface area contributed by atoms with E-state index in [2.05, 4.69) is 4.98 Å². The molecule has 7 heteroatoms. The first-order valence-electron chi connectivity index (χ1n) is 4.79. The van der Waals surface area contributed by atoms with Crippen LogP contribution in [0.2, 0.25) is 0 Å². The molecular formula is C10H10N2O3S2. The van der Waals surface area contributed by atoms with Crippen molar-refractivity contribution in [3.05, 3.63) is 23.2 Å². The molecule has 0 unspecified atom stereocenters. The van der Waals surface area contributed by atoms with E-state index in [0.29, 0.717) is 0 Å². The van der Waals surface area contributed by atoms with Gasteiger partial charge in [0.1, 0.15) is 0 Å². The summed E-state index contributed by atoms with van der Waals surface area (Å²) >= 11 is 1.41. The van der Waals surface area contributed by atoms with E-state index in [-0.39, 0.29) is 4.90 Å². The van der Waals surface area contributed by atoms with Crippen molar-refractivity contribution in [2.24, 2.45) is 0 Å². The maximum absolute atomic E-state index is 11.7. The number of thiazole rings is 1. The first-order chi connectivity index (χ1) is 7.88. The van der Waals surface area contributed by atoms with Crippen LogP contribution in [0.3, 0.4) is 0 Å². The average Bonchev–Trinajstić information content (AvgIpc) is 2.54. The highest BCUT2D eigenvalue weighted by atomic mass is 32.2. The summed E-state index contributed by atoms with van der Waals surface area (Å²) in [5, 5.41) is 0.870. The lowest BCUT2D eigenvalue weighted by molar-refractivity contribution is -0.117. The molecule has 0 radical (unpaired) electrons. The van der Waals surface area contributed by atoms with E-state index in [9.17, 15) is 13.2 Å². The molecule has 90 valence electrons. The van der Waals surface area contributed by atoms with Crippen molar-refractivity contribution >= 4 is 37.5 Å². The van der Waals surface area contributed by atoms with Crippen molar-refractivity contribution in [1.29, 1.82) is 0 Å². The largest absolute Gasteiger partial charge is 0.274 e.